The lowest BCUT2D eigenvalue weighted by atomic mass is 9.96. The van der Waals surface area contributed by atoms with Crippen LogP contribution >= 0.6 is 23.2 Å². The van der Waals surface area contributed by atoms with Gasteiger partial charge in [-0.25, -0.2) is 9.78 Å². The second-order valence-electron chi connectivity index (χ2n) is 9.52. The van der Waals surface area contributed by atoms with Crippen LogP contribution in [0.1, 0.15) is 53.2 Å². The topological polar surface area (TPSA) is 119 Å². The number of anilines is 1. The fraction of sp³-hybridized carbons (Fsp3) is 0.276. The van der Waals surface area contributed by atoms with Crippen LogP contribution in [0.25, 0.3) is 11.4 Å². The quantitative estimate of drug-likeness (QED) is 0.215. The van der Waals surface area contributed by atoms with E-state index in [0.29, 0.717) is 33.5 Å². The monoisotopic (exact) mass is 584 g/mol. The number of aliphatic hydroxyl groups excluding tert-OH is 1. The first-order valence-electron chi connectivity index (χ1n) is 12.6. The highest BCUT2D eigenvalue weighted by Gasteiger charge is 2.32. The van der Waals surface area contributed by atoms with Crippen LogP contribution in [0.5, 0.6) is 5.75 Å². The van der Waals surface area contributed by atoms with Gasteiger partial charge in [0.1, 0.15) is 16.6 Å². The highest BCUT2D eigenvalue weighted by Crippen LogP contribution is 2.39. The normalized spacial score (nSPS) is 12.0. The van der Waals surface area contributed by atoms with E-state index in [1.54, 1.807) is 31.5 Å². The highest BCUT2D eigenvalue weighted by molar-refractivity contribution is 6.31. The molecule has 4 aromatic rings. The minimum absolute atomic E-state index is 0.0426. The molecule has 0 amide bonds. The van der Waals surface area contributed by atoms with Gasteiger partial charge in [-0.3, -0.25) is 4.79 Å². The smallest absolute Gasteiger partial charge is 0.356 e. The molecule has 0 saturated carbocycles. The molecule has 3 N–H and O–H groups in total. The molecule has 1 atom stereocenters. The molecule has 0 spiro atoms. The number of benzene rings is 2. The summed E-state index contributed by atoms with van der Waals surface area (Å²) in [4.78, 5) is 29.8. The molecule has 1 unspecified atom stereocenters. The first-order valence-corrected chi connectivity index (χ1v) is 13.3. The number of carboxylic acids is 1. The minimum atomic E-state index is -1.20. The maximum Gasteiger partial charge on any atom is 0.356 e. The van der Waals surface area contributed by atoms with E-state index in [1.807, 2.05) is 49.6 Å². The Kier molecular flexibility index (Phi) is 8.88. The van der Waals surface area contributed by atoms with Gasteiger partial charge in [0.05, 0.1) is 36.7 Å². The van der Waals surface area contributed by atoms with Crippen LogP contribution in [0.3, 0.4) is 0 Å². The van der Waals surface area contributed by atoms with Gasteiger partial charge in [0.2, 0.25) is 0 Å². The molecule has 0 aliphatic carbocycles. The van der Waals surface area contributed by atoms with Gasteiger partial charge in [-0.15, -0.1) is 0 Å². The maximum atomic E-state index is 12.7. The Morgan fingerprint density at radius 2 is 1.88 bits per heavy atom. The van der Waals surface area contributed by atoms with E-state index in [9.17, 15) is 19.8 Å². The largest absolute Gasteiger partial charge is 0.496 e. The van der Waals surface area contributed by atoms with Gasteiger partial charge in [-0.2, -0.15) is 0 Å². The number of carboxylic acid groups (broad SMARTS) is 1. The van der Waals surface area contributed by atoms with Crippen molar-refractivity contribution in [3.05, 3.63) is 97.6 Å². The summed E-state index contributed by atoms with van der Waals surface area (Å²) in [6.45, 7) is 5.55. The molecular formula is C29H30Cl2N4O5. The van der Waals surface area contributed by atoms with Crippen molar-refractivity contribution >= 4 is 34.9 Å². The number of nitrogens with zero attached hydrogens (tertiary/aromatic N) is 3. The number of imidazole rings is 1. The van der Waals surface area contributed by atoms with Crippen molar-refractivity contribution in [3.8, 4) is 17.1 Å². The zero-order chi connectivity index (χ0) is 29.1. The molecule has 9 nitrogen and oxygen atoms in total. The van der Waals surface area contributed by atoms with Gasteiger partial charge in [-0.1, -0.05) is 41.4 Å². The molecule has 210 valence electrons. The second-order valence-corrected chi connectivity index (χ2v) is 10.4. The fourth-order valence-electron chi connectivity index (χ4n) is 4.80. The second kappa shape index (κ2) is 12.2. The molecule has 0 aliphatic heterocycles. The van der Waals surface area contributed by atoms with E-state index in [2.05, 4.69) is 10.3 Å². The summed E-state index contributed by atoms with van der Waals surface area (Å²) < 4.78 is 8.75. The molecule has 0 saturated heterocycles. The molecule has 2 aromatic heterocycles. The fourth-order valence-corrected chi connectivity index (χ4v) is 5.25. The average Bonchev–Trinajstić information content (AvgIpc) is 3.31. The van der Waals surface area contributed by atoms with Crippen LogP contribution in [0.15, 0.2) is 59.5 Å². The molecule has 0 fully saturated rings. The van der Waals surface area contributed by atoms with Crippen molar-refractivity contribution < 1.29 is 19.7 Å². The van der Waals surface area contributed by atoms with E-state index < -0.39 is 17.6 Å². The van der Waals surface area contributed by atoms with Crippen molar-refractivity contribution in [2.45, 2.75) is 39.4 Å². The Bertz CT molecular complexity index is 1610. The lowest BCUT2D eigenvalue weighted by Gasteiger charge is -2.27. The van der Waals surface area contributed by atoms with Crippen molar-refractivity contribution in [2.24, 2.45) is 0 Å². The molecule has 2 heterocycles. The Morgan fingerprint density at radius 1 is 1.15 bits per heavy atom. The van der Waals surface area contributed by atoms with E-state index in [0.717, 1.165) is 11.1 Å². The first kappa shape index (κ1) is 29.2. The van der Waals surface area contributed by atoms with E-state index in [1.165, 1.54) is 10.6 Å². The third-order valence-electron chi connectivity index (χ3n) is 6.53. The Hall–Kier alpha value is -3.79. The van der Waals surface area contributed by atoms with Crippen LogP contribution in [0, 0.1) is 6.92 Å². The maximum absolute atomic E-state index is 12.7. The van der Waals surface area contributed by atoms with Crippen molar-refractivity contribution in [1.82, 2.24) is 14.1 Å². The number of nitrogens with one attached hydrogen (secondary N) is 1. The van der Waals surface area contributed by atoms with Gasteiger partial charge in [0, 0.05) is 23.8 Å². The molecule has 0 aliphatic rings. The number of methoxy groups -OCH3 is 1. The Labute approximate surface area is 241 Å². The van der Waals surface area contributed by atoms with Gasteiger partial charge in [-0.05, 0) is 62.2 Å². The molecule has 0 bridgehead atoms. The minimum Gasteiger partial charge on any atom is -0.496 e. The number of aromatic carboxylic acids is 1. The lowest BCUT2D eigenvalue weighted by Crippen LogP contribution is -2.25. The summed E-state index contributed by atoms with van der Waals surface area (Å²) in [6.07, 6.45) is 1.54. The number of aromatic nitrogens is 3. The number of hydrogen-bond donors (Lipinski definition) is 3. The first-order chi connectivity index (χ1) is 19.1. The molecule has 11 heteroatoms. The third-order valence-corrected chi connectivity index (χ3v) is 7.03. The number of aliphatic hydroxyl groups is 1. The SMILES string of the molecule is COc1ccccc1-c1nc(C(=O)O)c(C(Nc2cc(Cl)c(=O)n(CCO)c2)c2ccc(Cl)cc2C)n1C(C)C. The number of rotatable bonds is 10. The highest BCUT2D eigenvalue weighted by atomic mass is 35.5. The zero-order valence-electron chi connectivity index (χ0n) is 22.5. The standard InChI is InChI=1S/C29H30Cl2N4O5/c1-16(2)35-26(25(29(38)39)33-27(35)21-7-5-6-8-23(21)40-4)24(20-10-9-18(30)13-17(20)3)32-19-14-22(31)28(37)34(15-19)11-12-36/h5-10,13-16,24,32,36H,11-12H2,1-4H3,(H,38,39). The molecule has 4 rings (SSSR count). The lowest BCUT2D eigenvalue weighted by molar-refractivity contribution is 0.0689. The van der Waals surface area contributed by atoms with Crippen molar-refractivity contribution in [2.75, 3.05) is 19.0 Å². The average molecular weight is 585 g/mol. The third kappa shape index (κ3) is 5.72. The van der Waals surface area contributed by atoms with Crippen LogP contribution in [-0.2, 0) is 6.54 Å². The van der Waals surface area contributed by atoms with Gasteiger partial charge >= 0.3 is 5.97 Å². The van der Waals surface area contributed by atoms with Crippen molar-refractivity contribution in [3.63, 3.8) is 0 Å². The molecular weight excluding hydrogens is 555 g/mol. The molecule has 0 radical (unpaired) electrons. The van der Waals surface area contributed by atoms with Gasteiger partial charge < -0.3 is 29.4 Å². The number of ether oxygens (including phenoxy) is 1. The molecule has 2 aromatic carbocycles. The van der Waals surface area contributed by atoms with Crippen LogP contribution in [-0.4, -0.2) is 44.0 Å². The van der Waals surface area contributed by atoms with Crippen LogP contribution < -0.4 is 15.6 Å². The summed E-state index contributed by atoms with van der Waals surface area (Å²) in [6, 6.07) is 13.2. The summed E-state index contributed by atoms with van der Waals surface area (Å²) in [7, 11) is 1.55. The van der Waals surface area contributed by atoms with Crippen LogP contribution in [0.4, 0.5) is 5.69 Å². The Balaban J connectivity index is 2.05. The Morgan fingerprint density at radius 3 is 2.50 bits per heavy atom. The van der Waals surface area contributed by atoms with Gasteiger partial charge in [0.15, 0.2) is 5.69 Å². The summed E-state index contributed by atoms with van der Waals surface area (Å²) in [5.74, 6) is -0.221. The van der Waals surface area contributed by atoms with E-state index in [-0.39, 0.29) is 29.9 Å². The number of aryl methyl sites for hydroxylation is 1. The summed E-state index contributed by atoms with van der Waals surface area (Å²) >= 11 is 12.5. The van der Waals surface area contributed by atoms with E-state index in [4.69, 9.17) is 27.9 Å². The number of hydrogen-bond acceptors (Lipinski definition) is 6. The van der Waals surface area contributed by atoms with Crippen molar-refractivity contribution in [1.29, 1.82) is 0 Å². The predicted octanol–water partition coefficient (Wildman–Crippen LogP) is 5.81. The predicted molar refractivity (Wildman–Crippen MR) is 156 cm³/mol. The number of pyridine rings is 1. The number of halogens is 2. The summed E-state index contributed by atoms with van der Waals surface area (Å²) in [5, 5.41) is 23.7. The number of carbonyl (C=O) groups is 1. The summed E-state index contributed by atoms with van der Waals surface area (Å²) in [5.41, 5.74) is 2.45. The van der Waals surface area contributed by atoms with E-state index >= 15 is 0 Å². The van der Waals surface area contributed by atoms with Crippen LogP contribution in [0.2, 0.25) is 10.0 Å². The van der Waals surface area contributed by atoms with Gasteiger partial charge in [0.25, 0.3) is 5.56 Å². The molecule has 40 heavy (non-hydrogen) atoms. The zero-order valence-corrected chi connectivity index (χ0v) is 24.0. The number of para-hydroxylation sites is 1.